The normalized spacial score (nSPS) is 20.0. The second-order valence-electron chi connectivity index (χ2n) is 3.46. The van der Waals surface area contributed by atoms with Crippen molar-refractivity contribution in [3.05, 3.63) is 24.3 Å². The predicted molar refractivity (Wildman–Crippen MR) is 56.3 cm³/mol. The topological polar surface area (TPSA) is 70.8 Å². The highest BCUT2D eigenvalue weighted by molar-refractivity contribution is 5.76. The first-order valence-electron chi connectivity index (χ1n) is 4.94. The molecule has 2 N–H and O–H groups in total. The third kappa shape index (κ3) is 1.94. The van der Waals surface area contributed by atoms with Crippen LogP contribution in [0.3, 0.4) is 0 Å². The Morgan fingerprint density at radius 2 is 2.19 bits per heavy atom. The third-order valence-electron chi connectivity index (χ3n) is 2.40. The molecule has 86 valence electrons. The summed E-state index contributed by atoms with van der Waals surface area (Å²) in [6.07, 6.45) is -0.512. The van der Waals surface area contributed by atoms with Gasteiger partial charge in [0.25, 0.3) is 0 Å². The molecule has 0 amide bonds. The second kappa shape index (κ2) is 4.40. The van der Waals surface area contributed by atoms with Crippen molar-refractivity contribution in [3.63, 3.8) is 0 Å². The van der Waals surface area contributed by atoms with Crippen LogP contribution in [0.2, 0.25) is 0 Å². The van der Waals surface area contributed by atoms with Gasteiger partial charge in [-0.25, -0.2) is 0 Å². The van der Waals surface area contributed by atoms with Crippen molar-refractivity contribution in [1.29, 1.82) is 0 Å². The van der Waals surface area contributed by atoms with Gasteiger partial charge in [0, 0.05) is 0 Å². The number of methoxy groups -OCH3 is 1. The lowest BCUT2D eigenvalue weighted by Crippen LogP contribution is -2.50. The first-order valence-corrected chi connectivity index (χ1v) is 4.94. The predicted octanol–water partition coefficient (Wildman–Crippen LogP) is 0.327. The lowest BCUT2D eigenvalue weighted by Gasteiger charge is -2.28. The Labute approximate surface area is 93.1 Å². The molecule has 1 heterocycles. The molecule has 0 radical (unpaired) electrons. The van der Waals surface area contributed by atoms with Crippen LogP contribution < -0.4 is 15.2 Å². The molecular weight excluding hydrogens is 210 g/mol. The summed E-state index contributed by atoms with van der Waals surface area (Å²) in [7, 11) is 1.29. The Hall–Kier alpha value is -1.75. The number of fused-ring (bicyclic) bond motifs is 1. The van der Waals surface area contributed by atoms with Gasteiger partial charge in [-0.1, -0.05) is 12.1 Å². The lowest BCUT2D eigenvalue weighted by atomic mass is 10.1. The minimum absolute atomic E-state index is 0.243. The van der Waals surface area contributed by atoms with Gasteiger partial charge in [0.2, 0.25) is 0 Å². The van der Waals surface area contributed by atoms with E-state index in [1.54, 1.807) is 12.1 Å². The maximum absolute atomic E-state index is 11.2. The number of hydrogen-bond acceptors (Lipinski definition) is 5. The molecule has 1 aromatic rings. The van der Waals surface area contributed by atoms with Crippen molar-refractivity contribution in [2.75, 3.05) is 13.7 Å². The van der Waals surface area contributed by atoms with E-state index in [9.17, 15) is 4.79 Å². The van der Waals surface area contributed by atoms with Crippen LogP contribution in [-0.2, 0) is 9.53 Å². The van der Waals surface area contributed by atoms with Gasteiger partial charge in [0.05, 0.1) is 7.11 Å². The van der Waals surface area contributed by atoms with Gasteiger partial charge in [0.15, 0.2) is 17.6 Å². The zero-order valence-electron chi connectivity index (χ0n) is 8.88. The Morgan fingerprint density at radius 3 is 2.88 bits per heavy atom. The van der Waals surface area contributed by atoms with Gasteiger partial charge in [0.1, 0.15) is 12.6 Å². The van der Waals surface area contributed by atoms with Crippen LogP contribution >= 0.6 is 0 Å². The monoisotopic (exact) mass is 223 g/mol. The van der Waals surface area contributed by atoms with Gasteiger partial charge in [-0.3, -0.25) is 4.79 Å². The van der Waals surface area contributed by atoms with Gasteiger partial charge in [-0.15, -0.1) is 0 Å². The van der Waals surface area contributed by atoms with Crippen LogP contribution in [0, 0.1) is 0 Å². The van der Waals surface area contributed by atoms with Crippen LogP contribution in [0.25, 0.3) is 0 Å². The van der Waals surface area contributed by atoms with E-state index >= 15 is 0 Å². The number of rotatable bonds is 2. The molecule has 5 heteroatoms. The molecule has 1 aliphatic rings. The summed E-state index contributed by atoms with van der Waals surface area (Å²) < 4.78 is 15.6. The molecule has 2 rings (SSSR count). The Morgan fingerprint density at radius 1 is 1.50 bits per heavy atom. The molecule has 16 heavy (non-hydrogen) atoms. The maximum Gasteiger partial charge on any atom is 0.326 e. The number of para-hydroxylation sites is 2. The van der Waals surface area contributed by atoms with E-state index < -0.39 is 18.1 Å². The van der Waals surface area contributed by atoms with Gasteiger partial charge >= 0.3 is 5.97 Å². The van der Waals surface area contributed by atoms with E-state index in [2.05, 4.69) is 4.74 Å². The molecule has 0 saturated heterocycles. The van der Waals surface area contributed by atoms with Crippen molar-refractivity contribution < 1.29 is 19.0 Å². The summed E-state index contributed by atoms with van der Waals surface area (Å²) in [5.41, 5.74) is 5.68. The highest BCUT2D eigenvalue weighted by atomic mass is 16.6. The summed E-state index contributed by atoms with van der Waals surface area (Å²) in [5, 5.41) is 0. The average Bonchev–Trinajstić information content (AvgIpc) is 2.36. The van der Waals surface area contributed by atoms with E-state index in [4.69, 9.17) is 15.2 Å². The van der Waals surface area contributed by atoms with Gasteiger partial charge in [-0.2, -0.15) is 0 Å². The first-order chi connectivity index (χ1) is 7.72. The largest absolute Gasteiger partial charge is 0.486 e. The highest BCUT2D eigenvalue weighted by Gasteiger charge is 2.31. The van der Waals surface area contributed by atoms with E-state index in [1.807, 2.05) is 12.1 Å². The van der Waals surface area contributed by atoms with Crippen molar-refractivity contribution in [2.45, 2.75) is 12.1 Å². The molecule has 1 aliphatic heterocycles. The Bertz CT molecular complexity index is 393. The van der Waals surface area contributed by atoms with Gasteiger partial charge < -0.3 is 19.9 Å². The number of nitrogens with two attached hydrogens (primary N) is 1. The number of benzene rings is 1. The zero-order valence-corrected chi connectivity index (χ0v) is 8.88. The first kappa shape index (κ1) is 10.8. The molecule has 2 unspecified atom stereocenters. The molecule has 0 bridgehead atoms. The van der Waals surface area contributed by atoms with E-state index in [-0.39, 0.29) is 6.61 Å². The molecule has 0 aliphatic carbocycles. The molecule has 2 atom stereocenters. The number of ether oxygens (including phenoxy) is 3. The molecule has 0 spiro atoms. The number of carbonyl (C=O) groups excluding carboxylic acids is 1. The summed E-state index contributed by atoms with van der Waals surface area (Å²) >= 11 is 0. The number of hydrogen-bond donors (Lipinski definition) is 1. The summed E-state index contributed by atoms with van der Waals surface area (Å²) in [6, 6.07) is 6.41. The SMILES string of the molecule is COC(=O)C(N)C1COc2ccccc2O1. The van der Waals surface area contributed by atoms with Crippen molar-refractivity contribution in [1.82, 2.24) is 0 Å². The van der Waals surface area contributed by atoms with Gasteiger partial charge in [-0.05, 0) is 12.1 Å². The third-order valence-corrected chi connectivity index (χ3v) is 2.40. The minimum atomic E-state index is -0.835. The standard InChI is InChI=1S/C11H13NO4/c1-14-11(13)10(12)9-6-15-7-4-2-3-5-8(7)16-9/h2-5,9-10H,6,12H2,1H3. The summed E-state index contributed by atoms with van der Waals surface area (Å²) in [4.78, 5) is 11.2. The van der Waals surface area contributed by atoms with Crippen LogP contribution in [0.1, 0.15) is 0 Å². The Kier molecular flexibility index (Phi) is 2.96. The maximum atomic E-state index is 11.2. The number of carbonyl (C=O) groups is 1. The van der Waals surface area contributed by atoms with Crippen molar-refractivity contribution in [2.24, 2.45) is 5.73 Å². The smallest absolute Gasteiger partial charge is 0.326 e. The molecular formula is C11H13NO4. The average molecular weight is 223 g/mol. The minimum Gasteiger partial charge on any atom is -0.486 e. The van der Waals surface area contributed by atoms with Crippen LogP contribution in [0.4, 0.5) is 0 Å². The molecule has 0 aromatic heterocycles. The number of esters is 1. The second-order valence-corrected chi connectivity index (χ2v) is 3.46. The molecule has 0 saturated carbocycles. The van der Waals surface area contributed by atoms with E-state index in [0.29, 0.717) is 11.5 Å². The summed E-state index contributed by atoms with van der Waals surface area (Å²) in [6.45, 7) is 0.243. The van der Waals surface area contributed by atoms with E-state index in [0.717, 1.165) is 0 Å². The molecule has 5 nitrogen and oxygen atoms in total. The van der Waals surface area contributed by atoms with E-state index in [1.165, 1.54) is 7.11 Å². The van der Waals surface area contributed by atoms with Crippen molar-refractivity contribution in [3.8, 4) is 11.5 Å². The van der Waals surface area contributed by atoms with Crippen molar-refractivity contribution >= 4 is 5.97 Å². The highest BCUT2D eigenvalue weighted by Crippen LogP contribution is 2.31. The quantitative estimate of drug-likeness (QED) is 0.731. The van der Waals surface area contributed by atoms with Crippen LogP contribution in [-0.4, -0.2) is 31.8 Å². The fraction of sp³-hybridized carbons (Fsp3) is 0.364. The molecule has 0 fully saturated rings. The zero-order chi connectivity index (χ0) is 11.5. The summed E-state index contributed by atoms with van der Waals surface area (Å²) in [5.74, 6) is 0.752. The molecule has 1 aromatic carbocycles. The lowest BCUT2D eigenvalue weighted by molar-refractivity contribution is -0.145. The fourth-order valence-corrected chi connectivity index (χ4v) is 1.50. The Balaban J connectivity index is 2.10. The van der Waals surface area contributed by atoms with Crippen LogP contribution in [0.5, 0.6) is 11.5 Å². The van der Waals surface area contributed by atoms with Crippen LogP contribution in [0.15, 0.2) is 24.3 Å². The fourth-order valence-electron chi connectivity index (χ4n) is 1.50.